The summed E-state index contributed by atoms with van der Waals surface area (Å²) in [6.07, 6.45) is 87.3. The Hall–Kier alpha value is -3.67. The Kier molecular flexibility index (Phi) is 61.8. The van der Waals surface area contributed by atoms with Gasteiger partial charge in [-0.2, -0.15) is 0 Å². The third kappa shape index (κ3) is 63.0. The molecule has 0 aliphatic heterocycles. The molecule has 0 heterocycles. The molecule has 1 unspecified atom stereocenters. The van der Waals surface area contributed by atoms with Gasteiger partial charge in [-0.3, -0.25) is 14.4 Å². The van der Waals surface area contributed by atoms with Crippen LogP contribution >= 0.6 is 0 Å². The van der Waals surface area contributed by atoms with Crippen molar-refractivity contribution in [1.29, 1.82) is 0 Å². The molecular formula is C71H122O6. The van der Waals surface area contributed by atoms with E-state index in [2.05, 4.69) is 118 Å². The first-order valence-electron chi connectivity index (χ1n) is 32.7. The highest BCUT2D eigenvalue weighted by molar-refractivity contribution is 5.71. The number of ether oxygens (including phenoxy) is 3. The van der Waals surface area contributed by atoms with E-state index >= 15 is 0 Å². The van der Waals surface area contributed by atoms with E-state index in [1.165, 1.54) is 161 Å². The summed E-state index contributed by atoms with van der Waals surface area (Å²) in [5.74, 6) is -0.878. The summed E-state index contributed by atoms with van der Waals surface area (Å²) in [4.78, 5) is 38.2. The maximum atomic E-state index is 12.9. The molecule has 442 valence electrons. The number of allylic oxidation sites excluding steroid dienone is 16. The lowest BCUT2D eigenvalue weighted by molar-refractivity contribution is -0.167. The number of carbonyl (C=O) groups excluding carboxylic acids is 3. The predicted octanol–water partition coefficient (Wildman–Crippen LogP) is 22.4. The zero-order chi connectivity index (χ0) is 55.7. The fourth-order valence-corrected chi connectivity index (χ4v) is 9.25. The van der Waals surface area contributed by atoms with Crippen LogP contribution in [0.1, 0.15) is 316 Å². The van der Waals surface area contributed by atoms with Crippen molar-refractivity contribution in [3.05, 3.63) is 97.2 Å². The van der Waals surface area contributed by atoms with Crippen molar-refractivity contribution >= 4 is 17.9 Å². The zero-order valence-electron chi connectivity index (χ0n) is 50.7. The number of rotatable bonds is 59. The molecule has 6 heteroatoms. The standard InChI is InChI=1S/C71H122O6/c1-4-7-10-13-16-19-21-23-25-27-28-29-30-31-32-33-34-35-36-37-38-39-40-41-42-44-45-47-49-52-55-58-61-64-70(73)76-67-68(66-75-69(72)63-60-57-54-51-18-15-12-9-6-3)77-71(74)65-62-59-56-53-50-48-46-43-26-24-22-20-17-14-11-8-5-2/h7-8,10-11,16-17,19-20,23-26,28-29,31-32,68H,4-6,9,12-15,18,21-22,27,30,33-67H2,1-3H3/b10-7-,11-8-,19-16-,20-17-,25-23-,26-24-,29-28-,32-31-. The Morgan fingerprint density at radius 2 is 0.506 bits per heavy atom. The third-order valence-electron chi connectivity index (χ3n) is 14.1. The van der Waals surface area contributed by atoms with E-state index in [4.69, 9.17) is 14.2 Å². The van der Waals surface area contributed by atoms with Crippen LogP contribution in [-0.2, 0) is 28.6 Å². The molecule has 0 bridgehead atoms. The third-order valence-corrected chi connectivity index (χ3v) is 14.1. The number of esters is 3. The monoisotopic (exact) mass is 1070 g/mol. The van der Waals surface area contributed by atoms with E-state index in [9.17, 15) is 14.4 Å². The van der Waals surface area contributed by atoms with Crippen LogP contribution in [0.4, 0.5) is 0 Å². The molecule has 0 aromatic rings. The number of hydrogen-bond donors (Lipinski definition) is 0. The van der Waals surface area contributed by atoms with Gasteiger partial charge >= 0.3 is 17.9 Å². The number of hydrogen-bond acceptors (Lipinski definition) is 6. The van der Waals surface area contributed by atoms with E-state index < -0.39 is 6.10 Å². The molecule has 0 fully saturated rings. The van der Waals surface area contributed by atoms with Crippen molar-refractivity contribution in [2.75, 3.05) is 13.2 Å². The highest BCUT2D eigenvalue weighted by Crippen LogP contribution is 2.17. The molecule has 0 aliphatic carbocycles. The second kappa shape index (κ2) is 64.9. The Labute approximate surface area is 477 Å². The van der Waals surface area contributed by atoms with Crippen LogP contribution < -0.4 is 0 Å². The summed E-state index contributed by atoms with van der Waals surface area (Å²) in [7, 11) is 0. The molecule has 0 N–H and O–H groups in total. The molecule has 0 saturated carbocycles. The summed E-state index contributed by atoms with van der Waals surface area (Å²) in [5.41, 5.74) is 0. The molecule has 0 saturated heterocycles. The molecule has 0 aromatic heterocycles. The van der Waals surface area contributed by atoms with Crippen LogP contribution in [0.3, 0.4) is 0 Å². The fourth-order valence-electron chi connectivity index (χ4n) is 9.25. The van der Waals surface area contributed by atoms with Gasteiger partial charge in [0, 0.05) is 19.3 Å². The van der Waals surface area contributed by atoms with Crippen molar-refractivity contribution < 1.29 is 28.6 Å². The van der Waals surface area contributed by atoms with Crippen molar-refractivity contribution in [3.63, 3.8) is 0 Å². The second-order valence-corrected chi connectivity index (χ2v) is 21.6. The largest absolute Gasteiger partial charge is 0.462 e. The lowest BCUT2D eigenvalue weighted by atomic mass is 10.0. The van der Waals surface area contributed by atoms with E-state index in [1.807, 2.05) is 0 Å². The molecule has 0 radical (unpaired) electrons. The Balaban J connectivity index is 4.09. The fraction of sp³-hybridized carbons (Fsp3) is 0.732. The second-order valence-electron chi connectivity index (χ2n) is 21.6. The Morgan fingerprint density at radius 1 is 0.273 bits per heavy atom. The maximum Gasteiger partial charge on any atom is 0.306 e. The average molecular weight is 1070 g/mol. The van der Waals surface area contributed by atoms with E-state index in [0.29, 0.717) is 19.3 Å². The van der Waals surface area contributed by atoms with Crippen molar-refractivity contribution in [1.82, 2.24) is 0 Å². The maximum absolute atomic E-state index is 12.9. The van der Waals surface area contributed by atoms with Gasteiger partial charge in [0.05, 0.1) is 0 Å². The molecule has 77 heavy (non-hydrogen) atoms. The molecule has 0 spiro atoms. The van der Waals surface area contributed by atoms with Gasteiger partial charge in [-0.1, -0.05) is 298 Å². The summed E-state index contributed by atoms with van der Waals surface area (Å²) < 4.78 is 16.9. The minimum Gasteiger partial charge on any atom is -0.462 e. The van der Waals surface area contributed by atoms with Crippen LogP contribution in [0, 0.1) is 0 Å². The Bertz CT molecular complexity index is 1510. The summed E-state index contributed by atoms with van der Waals surface area (Å²) in [6, 6.07) is 0. The average Bonchev–Trinajstić information content (AvgIpc) is 3.43. The molecule has 0 amide bonds. The van der Waals surface area contributed by atoms with Crippen LogP contribution in [0.25, 0.3) is 0 Å². The van der Waals surface area contributed by atoms with Crippen LogP contribution in [0.2, 0.25) is 0 Å². The highest BCUT2D eigenvalue weighted by atomic mass is 16.6. The van der Waals surface area contributed by atoms with Gasteiger partial charge in [-0.05, 0) is 96.3 Å². The lowest BCUT2D eigenvalue weighted by Crippen LogP contribution is -2.30. The molecule has 0 rings (SSSR count). The molecule has 1 atom stereocenters. The first kappa shape index (κ1) is 73.3. The number of carbonyl (C=O) groups is 3. The summed E-state index contributed by atoms with van der Waals surface area (Å²) >= 11 is 0. The molecule has 0 aliphatic rings. The number of unbranched alkanes of at least 4 members (excludes halogenated alkanes) is 32. The minimum absolute atomic E-state index is 0.0773. The predicted molar refractivity (Wildman–Crippen MR) is 334 cm³/mol. The van der Waals surface area contributed by atoms with Crippen LogP contribution in [0.5, 0.6) is 0 Å². The SMILES string of the molecule is CC/C=C\C/C=C\C/C=C\C/C=C\C/C=C\CCCCCCCCCCCCCCCCCCCC(=O)OCC(COC(=O)CCCCCCCCCCC)OC(=O)CCCCCCCCC/C=C\C/C=C\C/C=C\CC. The van der Waals surface area contributed by atoms with E-state index in [-0.39, 0.29) is 31.1 Å². The van der Waals surface area contributed by atoms with Gasteiger partial charge in [0.2, 0.25) is 0 Å². The van der Waals surface area contributed by atoms with Crippen LogP contribution in [-0.4, -0.2) is 37.2 Å². The topological polar surface area (TPSA) is 78.9 Å². The normalized spacial score (nSPS) is 12.7. The lowest BCUT2D eigenvalue weighted by Gasteiger charge is -2.18. The Morgan fingerprint density at radius 3 is 0.792 bits per heavy atom. The first-order chi connectivity index (χ1) is 38.0. The highest BCUT2D eigenvalue weighted by Gasteiger charge is 2.19. The summed E-state index contributed by atoms with van der Waals surface area (Å²) in [6.45, 7) is 6.41. The molecule has 0 aromatic carbocycles. The zero-order valence-corrected chi connectivity index (χ0v) is 50.7. The first-order valence-corrected chi connectivity index (χ1v) is 32.7. The molecular weight excluding hydrogens is 949 g/mol. The van der Waals surface area contributed by atoms with Crippen molar-refractivity contribution in [2.45, 2.75) is 322 Å². The smallest absolute Gasteiger partial charge is 0.306 e. The quantitative estimate of drug-likeness (QED) is 0.0261. The minimum atomic E-state index is -0.779. The van der Waals surface area contributed by atoms with E-state index in [0.717, 1.165) is 116 Å². The van der Waals surface area contributed by atoms with Crippen molar-refractivity contribution in [3.8, 4) is 0 Å². The van der Waals surface area contributed by atoms with E-state index in [1.54, 1.807) is 0 Å². The van der Waals surface area contributed by atoms with Gasteiger partial charge in [-0.25, -0.2) is 0 Å². The van der Waals surface area contributed by atoms with Crippen LogP contribution in [0.15, 0.2) is 97.2 Å². The van der Waals surface area contributed by atoms with Crippen molar-refractivity contribution in [2.24, 2.45) is 0 Å². The molecule has 6 nitrogen and oxygen atoms in total. The van der Waals surface area contributed by atoms with Gasteiger partial charge < -0.3 is 14.2 Å². The van der Waals surface area contributed by atoms with Gasteiger partial charge in [0.25, 0.3) is 0 Å². The van der Waals surface area contributed by atoms with Gasteiger partial charge in [-0.15, -0.1) is 0 Å². The van der Waals surface area contributed by atoms with Gasteiger partial charge in [0.15, 0.2) is 6.10 Å². The van der Waals surface area contributed by atoms with Gasteiger partial charge in [0.1, 0.15) is 13.2 Å². The summed E-state index contributed by atoms with van der Waals surface area (Å²) in [5, 5.41) is 0.